The Balaban J connectivity index is 1.69. The number of nitrogens with zero attached hydrogens (tertiary/aromatic N) is 4. The molecule has 3 heterocycles. The van der Waals surface area contributed by atoms with Crippen LogP contribution in [0.2, 0.25) is 0 Å². The molecule has 0 bridgehead atoms. The van der Waals surface area contributed by atoms with E-state index in [-0.39, 0.29) is 17.9 Å². The van der Waals surface area contributed by atoms with Gasteiger partial charge in [-0.2, -0.15) is 0 Å². The van der Waals surface area contributed by atoms with Crippen molar-refractivity contribution in [2.45, 2.75) is 46.2 Å². The third-order valence-electron chi connectivity index (χ3n) is 4.69. The molecule has 0 saturated heterocycles. The van der Waals surface area contributed by atoms with Gasteiger partial charge in [0.15, 0.2) is 0 Å². The number of carbonyl (C=O) groups excluding carboxylic acids is 2. The quantitative estimate of drug-likeness (QED) is 0.791. The van der Waals surface area contributed by atoms with E-state index in [0.717, 1.165) is 18.1 Å². The lowest BCUT2D eigenvalue weighted by atomic mass is 10.1. The molecule has 2 aliphatic rings. The lowest BCUT2D eigenvalue weighted by molar-refractivity contribution is -0.135. The van der Waals surface area contributed by atoms with Crippen LogP contribution < -0.4 is 0 Å². The van der Waals surface area contributed by atoms with Crippen LogP contribution >= 0.6 is 0 Å². The summed E-state index contributed by atoms with van der Waals surface area (Å²) < 4.78 is 2.09. The minimum Gasteiger partial charge on any atom is -0.335 e. The number of aromatic nitrogens is 2. The molecule has 1 aromatic rings. The molecule has 0 unspecified atom stereocenters. The molecule has 6 nitrogen and oxygen atoms in total. The summed E-state index contributed by atoms with van der Waals surface area (Å²) in [5.41, 5.74) is 0.798. The number of hydrogen-bond donors (Lipinski definition) is 0. The summed E-state index contributed by atoms with van der Waals surface area (Å²) in [6.45, 7) is 8.98. The predicted octanol–water partition coefficient (Wildman–Crippen LogP) is 1.77. The van der Waals surface area contributed by atoms with Crippen molar-refractivity contribution in [2.24, 2.45) is 5.92 Å². The zero-order valence-electron chi connectivity index (χ0n) is 14.7. The predicted molar refractivity (Wildman–Crippen MR) is 91.2 cm³/mol. The first kappa shape index (κ1) is 16.7. The Kier molecular flexibility index (Phi) is 4.73. The van der Waals surface area contributed by atoms with Crippen molar-refractivity contribution in [3.63, 3.8) is 0 Å². The Bertz CT molecular complexity index is 654. The smallest absolute Gasteiger partial charge is 0.229 e. The summed E-state index contributed by atoms with van der Waals surface area (Å²) >= 11 is 0. The fourth-order valence-corrected chi connectivity index (χ4v) is 3.39. The molecular weight excluding hydrogens is 304 g/mol. The van der Waals surface area contributed by atoms with Crippen LogP contribution in [-0.2, 0) is 22.6 Å². The molecule has 0 aromatic carbocycles. The summed E-state index contributed by atoms with van der Waals surface area (Å²) in [5, 5.41) is 0. The van der Waals surface area contributed by atoms with E-state index >= 15 is 0 Å². The molecule has 0 spiro atoms. The second-order valence-electron chi connectivity index (χ2n) is 7.09. The molecule has 0 fully saturated rings. The average Bonchev–Trinajstić information content (AvgIpc) is 3.15. The van der Waals surface area contributed by atoms with E-state index in [1.54, 1.807) is 0 Å². The number of hydrogen-bond acceptors (Lipinski definition) is 3. The van der Waals surface area contributed by atoms with E-state index in [4.69, 9.17) is 0 Å². The largest absolute Gasteiger partial charge is 0.335 e. The Morgan fingerprint density at radius 1 is 1.21 bits per heavy atom. The number of carbonyl (C=O) groups is 2. The molecule has 2 amide bonds. The first-order valence-corrected chi connectivity index (χ1v) is 8.74. The molecule has 0 saturated carbocycles. The summed E-state index contributed by atoms with van der Waals surface area (Å²) in [4.78, 5) is 33.1. The molecule has 1 aromatic heterocycles. The van der Waals surface area contributed by atoms with Gasteiger partial charge in [0, 0.05) is 38.8 Å². The molecule has 6 heteroatoms. The molecule has 2 aliphatic heterocycles. The van der Waals surface area contributed by atoms with Gasteiger partial charge in [-0.05, 0) is 12.8 Å². The van der Waals surface area contributed by atoms with Crippen LogP contribution in [0.25, 0.3) is 0 Å². The van der Waals surface area contributed by atoms with Crippen molar-refractivity contribution in [3.05, 3.63) is 29.9 Å². The van der Waals surface area contributed by atoms with E-state index in [1.807, 2.05) is 35.1 Å². The highest BCUT2D eigenvalue weighted by Crippen LogP contribution is 2.26. The maximum absolute atomic E-state index is 12.4. The third-order valence-corrected chi connectivity index (χ3v) is 4.69. The van der Waals surface area contributed by atoms with Gasteiger partial charge in [0.1, 0.15) is 5.82 Å². The maximum atomic E-state index is 12.4. The highest BCUT2D eigenvalue weighted by Gasteiger charge is 2.30. The molecule has 0 N–H and O–H groups in total. The van der Waals surface area contributed by atoms with Gasteiger partial charge in [-0.3, -0.25) is 9.59 Å². The van der Waals surface area contributed by atoms with Crippen LogP contribution in [0.4, 0.5) is 0 Å². The van der Waals surface area contributed by atoms with Crippen LogP contribution in [0.15, 0.2) is 18.3 Å². The van der Waals surface area contributed by atoms with Gasteiger partial charge in [-0.25, -0.2) is 4.98 Å². The van der Waals surface area contributed by atoms with Gasteiger partial charge >= 0.3 is 0 Å². The van der Waals surface area contributed by atoms with Gasteiger partial charge in [-0.1, -0.05) is 26.0 Å². The second kappa shape index (κ2) is 6.79. The fourth-order valence-electron chi connectivity index (χ4n) is 3.39. The van der Waals surface area contributed by atoms with Crippen molar-refractivity contribution in [3.8, 4) is 0 Å². The van der Waals surface area contributed by atoms with E-state index in [2.05, 4.69) is 23.4 Å². The highest BCUT2D eigenvalue weighted by atomic mass is 16.2. The van der Waals surface area contributed by atoms with E-state index in [1.165, 1.54) is 0 Å². The van der Waals surface area contributed by atoms with Crippen molar-refractivity contribution in [2.75, 3.05) is 19.6 Å². The van der Waals surface area contributed by atoms with Crippen LogP contribution in [0.1, 0.15) is 44.8 Å². The molecule has 1 atom stereocenters. The Labute approximate surface area is 143 Å². The molecular formula is C18H26N4O2. The lowest BCUT2D eigenvalue weighted by Crippen LogP contribution is -2.41. The summed E-state index contributed by atoms with van der Waals surface area (Å²) in [5.74, 6) is 1.54. The van der Waals surface area contributed by atoms with Gasteiger partial charge < -0.3 is 14.4 Å². The SMILES string of the molecule is CC(C)CC(=O)N1CCn2cc(CC(=O)N3CC=CC3)nc2[C@@H]1C. The first-order chi connectivity index (χ1) is 11.5. The third kappa shape index (κ3) is 3.37. The van der Waals surface area contributed by atoms with Gasteiger partial charge in [0.05, 0.1) is 18.2 Å². The van der Waals surface area contributed by atoms with Gasteiger partial charge in [0.2, 0.25) is 11.8 Å². The van der Waals surface area contributed by atoms with Crippen molar-refractivity contribution >= 4 is 11.8 Å². The monoisotopic (exact) mass is 330 g/mol. The second-order valence-corrected chi connectivity index (χ2v) is 7.09. The maximum Gasteiger partial charge on any atom is 0.229 e. The van der Waals surface area contributed by atoms with Gasteiger partial charge in [0.25, 0.3) is 0 Å². The van der Waals surface area contributed by atoms with Gasteiger partial charge in [-0.15, -0.1) is 0 Å². The number of imidazole rings is 1. The summed E-state index contributed by atoms with van der Waals surface area (Å²) in [7, 11) is 0. The van der Waals surface area contributed by atoms with Crippen LogP contribution in [-0.4, -0.2) is 50.8 Å². The normalized spacial score (nSPS) is 19.9. The van der Waals surface area contributed by atoms with E-state index in [9.17, 15) is 9.59 Å². The molecule has 24 heavy (non-hydrogen) atoms. The minimum absolute atomic E-state index is 0.0395. The fraction of sp³-hybridized carbons (Fsp3) is 0.611. The van der Waals surface area contributed by atoms with Crippen LogP contribution in [0, 0.1) is 5.92 Å². The highest BCUT2D eigenvalue weighted by molar-refractivity contribution is 5.79. The standard InChI is InChI=1S/C18H26N4O2/c1-13(2)10-17(24)22-9-8-21-12-15(19-18(21)14(22)3)11-16(23)20-6-4-5-7-20/h4-5,12-14H,6-11H2,1-3H3/t14-/m0/s1. The lowest BCUT2D eigenvalue weighted by Gasteiger charge is -2.34. The average molecular weight is 330 g/mol. The van der Waals surface area contributed by atoms with Crippen molar-refractivity contribution in [1.29, 1.82) is 0 Å². The van der Waals surface area contributed by atoms with E-state index < -0.39 is 0 Å². The van der Waals surface area contributed by atoms with Crippen molar-refractivity contribution in [1.82, 2.24) is 19.4 Å². The van der Waals surface area contributed by atoms with Crippen LogP contribution in [0.5, 0.6) is 0 Å². The number of rotatable bonds is 4. The Hall–Kier alpha value is -2.11. The summed E-state index contributed by atoms with van der Waals surface area (Å²) in [6.07, 6.45) is 6.89. The van der Waals surface area contributed by atoms with Crippen molar-refractivity contribution < 1.29 is 9.59 Å². The molecule has 0 radical (unpaired) electrons. The Morgan fingerprint density at radius 3 is 2.58 bits per heavy atom. The van der Waals surface area contributed by atoms with E-state index in [0.29, 0.717) is 38.4 Å². The molecule has 130 valence electrons. The first-order valence-electron chi connectivity index (χ1n) is 8.74. The minimum atomic E-state index is -0.0395. The molecule has 0 aliphatic carbocycles. The Morgan fingerprint density at radius 2 is 1.92 bits per heavy atom. The van der Waals surface area contributed by atoms with Crippen LogP contribution in [0.3, 0.4) is 0 Å². The number of fused-ring (bicyclic) bond motifs is 1. The molecule has 3 rings (SSSR count). The topological polar surface area (TPSA) is 58.4 Å². The zero-order chi connectivity index (χ0) is 17.3. The summed E-state index contributed by atoms with van der Waals surface area (Å²) in [6, 6.07) is -0.0395. The zero-order valence-corrected chi connectivity index (χ0v) is 14.7. The number of amides is 2.